The molecule has 21 heavy (non-hydrogen) atoms. The number of carbonyl (C=O) groups is 1. The first-order valence-corrected chi connectivity index (χ1v) is 7.08. The molecule has 0 radical (unpaired) electrons. The van der Waals surface area contributed by atoms with Gasteiger partial charge in [0, 0.05) is 18.2 Å². The highest BCUT2D eigenvalue weighted by molar-refractivity contribution is 5.92. The van der Waals surface area contributed by atoms with Crippen molar-refractivity contribution < 1.29 is 14.1 Å². The molecule has 3 rings (SSSR count). The molecule has 0 saturated carbocycles. The van der Waals surface area contributed by atoms with Crippen LogP contribution >= 0.6 is 0 Å². The molecule has 0 spiro atoms. The Bertz CT molecular complexity index is 650. The summed E-state index contributed by atoms with van der Waals surface area (Å²) < 4.78 is 10.4. The molecule has 1 unspecified atom stereocenters. The van der Waals surface area contributed by atoms with Crippen LogP contribution in [0.2, 0.25) is 0 Å². The summed E-state index contributed by atoms with van der Waals surface area (Å²) in [5.74, 6) is 1.38. The molecule has 1 saturated heterocycles. The quantitative estimate of drug-likeness (QED) is 0.870. The van der Waals surface area contributed by atoms with Crippen LogP contribution < -0.4 is 4.74 Å². The number of ether oxygens (including phenoxy) is 1. The lowest BCUT2D eigenvalue weighted by Crippen LogP contribution is -2.31. The van der Waals surface area contributed by atoms with Crippen LogP contribution in [0.15, 0.2) is 34.9 Å². The van der Waals surface area contributed by atoms with Crippen LogP contribution in [0.4, 0.5) is 0 Å². The summed E-state index contributed by atoms with van der Waals surface area (Å²) in [5, 5.41) is 3.83. The number of hydrogen-bond donors (Lipinski definition) is 0. The van der Waals surface area contributed by atoms with Crippen molar-refractivity contribution in [2.24, 2.45) is 0 Å². The van der Waals surface area contributed by atoms with Gasteiger partial charge in [0.2, 0.25) is 0 Å². The standard InChI is InChI=1S/C16H18N2O3/c1-11-10-13(17-21-11)16(19)18-9-5-7-14(18)12-6-3-4-8-15(12)20-2/h3-4,6,8,10,14H,5,7,9H2,1-2H3. The average Bonchev–Trinajstić information content (AvgIpc) is 3.15. The number of rotatable bonds is 3. The highest BCUT2D eigenvalue weighted by atomic mass is 16.5. The van der Waals surface area contributed by atoms with Gasteiger partial charge in [0.25, 0.3) is 5.91 Å². The Morgan fingerprint density at radius 1 is 1.43 bits per heavy atom. The van der Waals surface area contributed by atoms with Gasteiger partial charge < -0.3 is 14.2 Å². The van der Waals surface area contributed by atoms with Crippen LogP contribution in [0.3, 0.4) is 0 Å². The second-order valence-electron chi connectivity index (χ2n) is 5.22. The molecule has 1 aromatic carbocycles. The van der Waals surface area contributed by atoms with Crippen LogP contribution in [0.5, 0.6) is 5.75 Å². The summed E-state index contributed by atoms with van der Waals surface area (Å²) in [6.45, 7) is 2.51. The van der Waals surface area contributed by atoms with E-state index in [2.05, 4.69) is 5.16 Å². The Hall–Kier alpha value is -2.30. The molecule has 1 atom stereocenters. The summed E-state index contributed by atoms with van der Waals surface area (Å²) in [6.07, 6.45) is 1.91. The molecule has 2 heterocycles. The van der Waals surface area contributed by atoms with Gasteiger partial charge in [-0.3, -0.25) is 4.79 Å². The fourth-order valence-electron chi connectivity index (χ4n) is 2.89. The van der Waals surface area contributed by atoms with Crippen molar-refractivity contribution in [3.05, 3.63) is 47.3 Å². The summed E-state index contributed by atoms with van der Waals surface area (Å²) in [5.41, 5.74) is 1.42. The lowest BCUT2D eigenvalue weighted by atomic mass is 10.0. The van der Waals surface area contributed by atoms with Gasteiger partial charge in [-0.15, -0.1) is 0 Å². The van der Waals surface area contributed by atoms with E-state index >= 15 is 0 Å². The van der Waals surface area contributed by atoms with Crippen molar-refractivity contribution in [3.63, 3.8) is 0 Å². The van der Waals surface area contributed by atoms with Crippen LogP contribution in [-0.4, -0.2) is 29.6 Å². The summed E-state index contributed by atoms with van der Waals surface area (Å²) in [4.78, 5) is 14.5. The van der Waals surface area contributed by atoms with Crippen molar-refractivity contribution in [2.75, 3.05) is 13.7 Å². The van der Waals surface area contributed by atoms with E-state index in [0.29, 0.717) is 11.5 Å². The van der Waals surface area contributed by atoms with Crippen molar-refractivity contribution in [3.8, 4) is 5.75 Å². The van der Waals surface area contributed by atoms with Gasteiger partial charge in [-0.05, 0) is 25.8 Å². The Kier molecular flexibility index (Phi) is 3.64. The minimum atomic E-state index is -0.0831. The monoisotopic (exact) mass is 286 g/mol. The number of benzene rings is 1. The fourth-order valence-corrected chi connectivity index (χ4v) is 2.89. The molecule has 110 valence electrons. The molecule has 1 amide bonds. The van der Waals surface area contributed by atoms with Crippen LogP contribution in [0, 0.1) is 6.92 Å². The average molecular weight is 286 g/mol. The summed E-state index contributed by atoms with van der Waals surface area (Å²) in [6, 6.07) is 9.56. The van der Waals surface area contributed by atoms with Gasteiger partial charge in [-0.2, -0.15) is 0 Å². The zero-order valence-corrected chi connectivity index (χ0v) is 12.2. The predicted octanol–water partition coefficient (Wildman–Crippen LogP) is 2.97. The van der Waals surface area contributed by atoms with Gasteiger partial charge >= 0.3 is 0 Å². The van der Waals surface area contributed by atoms with E-state index in [0.717, 1.165) is 30.7 Å². The first-order chi connectivity index (χ1) is 10.2. The van der Waals surface area contributed by atoms with Gasteiger partial charge in [-0.25, -0.2) is 0 Å². The molecule has 2 aromatic rings. The molecule has 0 aliphatic carbocycles. The molecular weight excluding hydrogens is 268 g/mol. The first-order valence-electron chi connectivity index (χ1n) is 7.08. The van der Waals surface area contributed by atoms with Crippen molar-refractivity contribution in [1.82, 2.24) is 10.1 Å². The third-order valence-electron chi connectivity index (χ3n) is 3.86. The number of aromatic nitrogens is 1. The lowest BCUT2D eigenvalue weighted by molar-refractivity contribution is 0.0723. The zero-order valence-electron chi connectivity index (χ0n) is 12.2. The second-order valence-corrected chi connectivity index (χ2v) is 5.22. The summed E-state index contributed by atoms with van der Waals surface area (Å²) >= 11 is 0. The third-order valence-corrected chi connectivity index (χ3v) is 3.86. The highest BCUT2D eigenvalue weighted by Crippen LogP contribution is 2.37. The third kappa shape index (κ3) is 2.51. The lowest BCUT2D eigenvalue weighted by Gasteiger charge is -2.25. The smallest absolute Gasteiger partial charge is 0.276 e. The predicted molar refractivity (Wildman–Crippen MR) is 77.2 cm³/mol. The van der Waals surface area contributed by atoms with E-state index in [1.807, 2.05) is 29.2 Å². The van der Waals surface area contributed by atoms with E-state index in [4.69, 9.17) is 9.26 Å². The van der Waals surface area contributed by atoms with E-state index in [1.54, 1.807) is 20.1 Å². The topological polar surface area (TPSA) is 55.6 Å². The second kappa shape index (κ2) is 5.60. The number of nitrogens with zero attached hydrogens (tertiary/aromatic N) is 2. The van der Waals surface area contributed by atoms with Crippen molar-refractivity contribution in [2.45, 2.75) is 25.8 Å². The van der Waals surface area contributed by atoms with Crippen LogP contribution in [0.1, 0.15) is 40.7 Å². The highest BCUT2D eigenvalue weighted by Gasteiger charge is 2.33. The molecule has 1 aliphatic heterocycles. The van der Waals surface area contributed by atoms with Crippen molar-refractivity contribution in [1.29, 1.82) is 0 Å². The molecule has 0 bridgehead atoms. The summed E-state index contributed by atoms with van der Waals surface area (Å²) in [7, 11) is 1.65. The Balaban J connectivity index is 1.90. The van der Waals surface area contributed by atoms with Gasteiger partial charge in [0.1, 0.15) is 11.5 Å². The van der Waals surface area contributed by atoms with Crippen LogP contribution in [0.25, 0.3) is 0 Å². The Morgan fingerprint density at radius 3 is 2.95 bits per heavy atom. The zero-order chi connectivity index (χ0) is 14.8. The van der Waals surface area contributed by atoms with E-state index in [1.165, 1.54) is 0 Å². The molecule has 0 N–H and O–H groups in total. The minimum Gasteiger partial charge on any atom is -0.496 e. The molecule has 1 aliphatic rings. The largest absolute Gasteiger partial charge is 0.496 e. The number of para-hydroxylation sites is 1. The fraction of sp³-hybridized carbons (Fsp3) is 0.375. The molecule has 5 nitrogen and oxygen atoms in total. The number of likely N-dealkylation sites (tertiary alicyclic amines) is 1. The van der Waals surface area contributed by atoms with Gasteiger partial charge in [0.15, 0.2) is 5.69 Å². The van der Waals surface area contributed by atoms with E-state index in [-0.39, 0.29) is 11.9 Å². The number of aryl methyl sites for hydroxylation is 1. The normalized spacial score (nSPS) is 18.0. The maximum absolute atomic E-state index is 12.6. The minimum absolute atomic E-state index is 0.0330. The molecular formula is C16H18N2O3. The van der Waals surface area contributed by atoms with Crippen LogP contribution in [-0.2, 0) is 0 Å². The van der Waals surface area contributed by atoms with Gasteiger partial charge in [-0.1, -0.05) is 23.4 Å². The Labute approximate surface area is 123 Å². The number of carbonyl (C=O) groups excluding carboxylic acids is 1. The number of hydrogen-bond acceptors (Lipinski definition) is 4. The first kappa shape index (κ1) is 13.7. The maximum atomic E-state index is 12.6. The Morgan fingerprint density at radius 2 is 2.24 bits per heavy atom. The molecule has 1 fully saturated rings. The van der Waals surface area contributed by atoms with E-state index < -0.39 is 0 Å². The van der Waals surface area contributed by atoms with E-state index in [9.17, 15) is 4.79 Å². The number of methoxy groups -OCH3 is 1. The molecule has 1 aromatic heterocycles. The molecule has 5 heteroatoms. The number of amides is 1. The maximum Gasteiger partial charge on any atom is 0.276 e. The SMILES string of the molecule is COc1ccccc1C1CCCN1C(=O)c1cc(C)on1. The van der Waals surface area contributed by atoms with Crippen molar-refractivity contribution >= 4 is 5.91 Å². The van der Waals surface area contributed by atoms with Gasteiger partial charge in [0.05, 0.1) is 13.2 Å².